The monoisotopic (exact) mass is 272 g/mol. The molecule has 0 aliphatic carbocycles. The van der Waals surface area contributed by atoms with Crippen LogP contribution in [0.2, 0.25) is 0 Å². The highest BCUT2D eigenvalue weighted by atomic mass is 16.7. The summed E-state index contributed by atoms with van der Waals surface area (Å²) in [6.45, 7) is 3.94. The SMILES string of the molecule is C/C(CC1=CCCN(C)C1)=N\OC(=O)c1ccccc1. The van der Waals surface area contributed by atoms with E-state index in [0.717, 1.165) is 31.6 Å². The molecule has 1 aliphatic rings. The van der Waals surface area contributed by atoms with Crippen molar-refractivity contribution in [1.82, 2.24) is 4.90 Å². The summed E-state index contributed by atoms with van der Waals surface area (Å²) >= 11 is 0. The van der Waals surface area contributed by atoms with Crippen LogP contribution in [0.1, 0.15) is 30.1 Å². The third-order valence-corrected chi connectivity index (χ3v) is 3.19. The first-order chi connectivity index (χ1) is 9.65. The molecule has 0 bridgehead atoms. The number of carbonyl (C=O) groups excluding carboxylic acids is 1. The molecule has 0 saturated heterocycles. The van der Waals surface area contributed by atoms with Gasteiger partial charge in [0.15, 0.2) is 0 Å². The van der Waals surface area contributed by atoms with E-state index in [1.54, 1.807) is 24.3 Å². The van der Waals surface area contributed by atoms with E-state index in [0.29, 0.717) is 5.56 Å². The minimum Gasteiger partial charge on any atom is -0.313 e. The summed E-state index contributed by atoms with van der Waals surface area (Å²) < 4.78 is 0. The van der Waals surface area contributed by atoms with Crippen molar-refractivity contribution in [3.05, 3.63) is 47.5 Å². The molecular formula is C16H20N2O2. The number of hydrogen-bond donors (Lipinski definition) is 0. The van der Waals surface area contributed by atoms with Crippen molar-refractivity contribution in [2.24, 2.45) is 5.16 Å². The van der Waals surface area contributed by atoms with Gasteiger partial charge in [-0.2, -0.15) is 0 Å². The molecule has 0 fully saturated rings. The molecule has 106 valence electrons. The van der Waals surface area contributed by atoms with Gasteiger partial charge in [-0.1, -0.05) is 35.0 Å². The molecule has 20 heavy (non-hydrogen) atoms. The van der Waals surface area contributed by atoms with Crippen LogP contribution in [0.25, 0.3) is 0 Å². The Bertz CT molecular complexity index is 521. The highest BCUT2D eigenvalue weighted by Gasteiger charge is 2.10. The number of nitrogens with zero attached hydrogens (tertiary/aromatic N) is 2. The molecule has 0 unspecified atom stereocenters. The van der Waals surface area contributed by atoms with Gasteiger partial charge in [0.2, 0.25) is 0 Å². The zero-order valence-corrected chi connectivity index (χ0v) is 12.0. The van der Waals surface area contributed by atoms with Crippen molar-refractivity contribution >= 4 is 11.7 Å². The van der Waals surface area contributed by atoms with Gasteiger partial charge >= 0.3 is 5.97 Å². The first kappa shape index (κ1) is 14.5. The Balaban J connectivity index is 1.88. The van der Waals surface area contributed by atoms with Gasteiger partial charge in [0.1, 0.15) is 0 Å². The Kier molecular flexibility index (Phi) is 5.07. The number of oxime groups is 1. The van der Waals surface area contributed by atoms with Crippen LogP contribution in [0.4, 0.5) is 0 Å². The predicted octanol–water partition coefficient (Wildman–Crippen LogP) is 2.87. The highest BCUT2D eigenvalue weighted by molar-refractivity contribution is 5.90. The van der Waals surface area contributed by atoms with Crippen LogP contribution in [-0.2, 0) is 4.84 Å². The van der Waals surface area contributed by atoms with Crippen LogP contribution in [0.15, 0.2) is 47.1 Å². The summed E-state index contributed by atoms with van der Waals surface area (Å²) in [6, 6.07) is 8.89. The maximum absolute atomic E-state index is 11.7. The third-order valence-electron chi connectivity index (χ3n) is 3.19. The Labute approximate surface area is 119 Å². The van der Waals surface area contributed by atoms with E-state index in [-0.39, 0.29) is 0 Å². The normalized spacial score (nSPS) is 16.7. The van der Waals surface area contributed by atoms with Crippen molar-refractivity contribution in [1.29, 1.82) is 0 Å². The van der Waals surface area contributed by atoms with E-state index < -0.39 is 5.97 Å². The van der Waals surface area contributed by atoms with E-state index in [4.69, 9.17) is 4.84 Å². The van der Waals surface area contributed by atoms with E-state index in [1.165, 1.54) is 5.57 Å². The van der Waals surface area contributed by atoms with E-state index in [2.05, 4.69) is 23.2 Å². The quantitative estimate of drug-likeness (QED) is 0.366. The topological polar surface area (TPSA) is 41.9 Å². The van der Waals surface area contributed by atoms with Gasteiger partial charge < -0.3 is 9.74 Å². The largest absolute Gasteiger partial charge is 0.365 e. The highest BCUT2D eigenvalue weighted by Crippen LogP contribution is 2.12. The molecule has 1 aromatic carbocycles. The molecule has 0 radical (unpaired) electrons. The molecule has 1 heterocycles. The first-order valence-electron chi connectivity index (χ1n) is 6.81. The zero-order valence-electron chi connectivity index (χ0n) is 12.0. The van der Waals surface area contributed by atoms with Crippen molar-refractivity contribution in [3.8, 4) is 0 Å². The molecule has 2 rings (SSSR count). The fourth-order valence-electron chi connectivity index (χ4n) is 2.21. The standard InChI is InChI=1S/C16H20N2O2/c1-13(11-14-7-6-10-18(2)12-14)17-20-16(19)15-8-4-3-5-9-15/h3-5,7-9H,6,10-12H2,1-2H3/b17-13+. The smallest absolute Gasteiger partial charge is 0.313 e. The molecule has 0 aromatic heterocycles. The van der Waals surface area contributed by atoms with Gasteiger partial charge in [-0.15, -0.1) is 0 Å². The van der Waals surface area contributed by atoms with Crippen molar-refractivity contribution < 1.29 is 9.63 Å². The van der Waals surface area contributed by atoms with Gasteiger partial charge in [-0.3, -0.25) is 0 Å². The number of hydrogen-bond acceptors (Lipinski definition) is 4. The summed E-state index contributed by atoms with van der Waals surface area (Å²) in [4.78, 5) is 19.0. The van der Waals surface area contributed by atoms with Crippen molar-refractivity contribution in [2.45, 2.75) is 19.8 Å². The van der Waals surface area contributed by atoms with Crippen LogP contribution < -0.4 is 0 Å². The lowest BCUT2D eigenvalue weighted by Gasteiger charge is -2.22. The van der Waals surface area contributed by atoms with Crippen molar-refractivity contribution in [3.63, 3.8) is 0 Å². The van der Waals surface area contributed by atoms with Crippen LogP contribution in [0.5, 0.6) is 0 Å². The average molecular weight is 272 g/mol. The molecular weight excluding hydrogens is 252 g/mol. The zero-order chi connectivity index (χ0) is 14.4. The van der Waals surface area contributed by atoms with E-state index in [1.807, 2.05) is 13.0 Å². The van der Waals surface area contributed by atoms with Gasteiger partial charge in [0.05, 0.1) is 11.3 Å². The van der Waals surface area contributed by atoms with Crippen LogP contribution in [0.3, 0.4) is 0 Å². The summed E-state index contributed by atoms with van der Waals surface area (Å²) in [5.41, 5.74) is 2.66. The Morgan fingerprint density at radius 1 is 1.35 bits per heavy atom. The molecule has 0 saturated carbocycles. The molecule has 0 N–H and O–H groups in total. The molecule has 0 amide bonds. The molecule has 4 nitrogen and oxygen atoms in total. The third kappa shape index (κ3) is 4.31. The number of carbonyl (C=O) groups is 1. The lowest BCUT2D eigenvalue weighted by Crippen LogP contribution is -2.26. The second-order valence-electron chi connectivity index (χ2n) is 5.14. The van der Waals surface area contributed by atoms with Crippen molar-refractivity contribution in [2.75, 3.05) is 20.1 Å². The van der Waals surface area contributed by atoms with Gasteiger partial charge in [-0.05, 0) is 32.5 Å². The summed E-state index contributed by atoms with van der Waals surface area (Å²) in [6.07, 6.45) is 4.08. The minimum absolute atomic E-state index is 0.417. The number of rotatable bonds is 4. The van der Waals surface area contributed by atoms with Gasteiger partial charge in [0, 0.05) is 19.5 Å². The van der Waals surface area contributed by atoms with Crippen LogP contribution in [-0.4, -0.2) is 36.7 Å². The summed E-state index contributed by atoms with van der Waals surface area (Å²) in [5.74, 6) is -0.417. The summed E-state index contributed by atoms with van der Waals surface area (Å²) in [7, 11) is 2.11. The lowest BCUT2D eigenvalue weighted by molar-refractivity contribution is 0.0515. The van der Waals surface area contributed by atoms with Gasteiger partial charge in [0.25, 0.3) is 0 Å². The maximum Gasteiger partial charge on any atom is 0.365 e. The number of likely N-dealkylation sites (N-methyl/N-ethyl adjacent to an activating group) is 1. The lowest BCUT2D eigenvalue weighted by atomic mass is 10.0. The minimum atomic E-state index is -0.417. The fourth-order valence-corrected chi connectivity index (χ4v) is 2.21. The Morgan fingerprint density at radius 3 is 2.80 bits per heavy atom. The fraction of sp³-hybridized carbons (Fsp3) is 0.375. The van der Waals surface area contributed by atoms with Gasteiger partial charge in [-0.25, -0.2) is 4.79 Å². The second kappa shape index (κ2) is 7.01. The van der Waals surface area contributed by atoms with E-state index >= 15 is 0 Å². The molecule has 0 atom stereocenters. The van der Waals surface area contributed by atoms with Crippen LogP contribution in [0, 0.1) is 0 Å². The molecule has 4 heteroatoms. The second-order valence-corrected chi connectivity index (χ2v) is 5.14. The van der Waals surface area contributed by atoms with Crippen LogP contribution >= 0.6 is 0 Å². The Morgan fingerprint density at radius 2 is 2.10 bits per heavy atom. The summed E-state index contributed by atoms with van der Waals surface area (Å²) in [5, 5.41) is 3.93. The molecule has 1 aromatic rings. The molecule has 1 aliphatic heterocycles. The van der Waals surface area contributed by atoms with E-state index in [9.17, 15) is 4.79 Å². The first-order valence-corrected chi connectivity index (χ1v) is 6.81. The predicted molar refractivity (Wildman–Crippen MR) is 79.8 cm³/mol. The molecule has 0 spiro atoms. The average Bonchev–Trinajstić information content (AvgIpc) is 2.46. The maximum atomic E-state index is 11.7. The Hall–Kier alpha value is -1.94. The number of benzene rings is 1.